The molecule has 3 rings (SSSR count). The molecule has 6 heteroatoms. The maximum atomic E-state index is 13.5. The zero-order chi connectivity index (χ0) is 20.8. The number of carbonyl (C=O) groups is 2. The average Bonchev–Trinajstić information content (AvgIpc) is 3.50. The van der Waals surface area contributed by atoms with Crippen LogP contribution in [-0.4, -0.2) is 43.4 Å². The molecule has 1 aliphatic carbocycles. The molecular formula is C23H26FN3O2. The Morgan fingerprint density at radius 3 is 2.52 bits per heavy atom. The molecule has 2 aromatic carbocycles. The predicted molar refractivity (Wildman–Crippen MR) is 112 cm³/mol. The molecule has 2 N–H and O–H groups in total. The highest BCUT2D eigenvalue weighted by molar-refractivity contribution is 5.95. The van der Waals surface area contributed by atoms with Crippen molar-refractivity contribution in [3.8, 4) is 0 Å². The molecule has 29 heavy (non-hydrogen) atoms. The first kappa shape index (κ1) is 20.7. The van der Waals surface area contributed by atoms with Crippen molar-refractivity contribution < 1.29 is 14.0 Å². The molecule has 5 nitrogen and oxygen atoms in total. The Balaban J connectivity index is 1.53. The smallest absolute Gasteiger partial charge is 0.251 e. The van der Waals surface area contributed by atoms with E-state index < -0.39 is 0 Å². The minimum absolute atomic E-state index is 0.0622. The Bertz CT molecular complexity index is 889. The Morgan fingerprint density at radius 2 is 1.90 bits per heavy atom. The number of hydrogen-bond acceptors (Lipinski definition) is 3. The van der Waals surface area contributed by atoms with Gasteiger partial charge < -0.3 is 15.5 Å². The number of benzene rings is 2. The van der Waals surface area contributed by atoms with Crippen molar-refractivity contribution in [2.24, 2.45) is 0 Å². The van der Waals surface area contributed by atoms with Gasteiger partial charge in [0, 0.05) is 24.2 Å². The fourth-order valence-electron chi connectivity index (χ4n) is 2.98. The first-order valence-electron chi connectivity index (χ1n) is 9.71. The SMILES string of the molecule is CN(C)C(CNC(=O)/C=C/c1ccc(C(=O)NC2CC2)cc1)c1cccc(F)c1. The molecule has 0 spiro atoms. The van der Waals surface area contributed by atoms with Gasteiger partial charge in [0.1, 0.15) is 5.82 Å². The van der Waals surface area contributed by atoms with Gasteiger partial charge in [-0.1, -0.05) is 24.3 Å². The molecule has 1 fully saturated rings. The van der Waals surface area contributed by atoms with E-state index >= 15 is 0 Å². The van der Waals surface area contributed by atoms with Crippen LogP contribution in [0.1, 0.15) is 40.4 Å². The Kier molecular flexibility index (Phi) is 6.77. The van der Waals surface area contributed by atoms with Gasteiger partial charge in [-0.3, -0.25) is 9.59 Å². The number of halogens is 1. The van der Waals surface area contributed by atoms with E-state index in [9.17, 15) is 14.0 Å². The summed E-state index contributed by atoms with van der Waals surface area (Å²) in [5.74, 6) is -0.591. The van der Waals surface area contributed by atoms with Crippen LogP contribution in [0.2, 0.25) is 0 Å². The van der Waals surface area contributed by atoms with Crippen molar-refractivity contribution in [2.75, 3.05) is 20.6 Å². The Hall–Kier alpha value is -2.99. The molecule has 152 valence electrons. The second-order valence-corrected chi connectivity index (χ2v) is 7.48. The highest BCUT2D eigenvalue weighted by atomic mass is 19.1. The van der Waals surface area contributed by atoms with Crippen molar-refractivity contribution in [2.45, 2.75) is 24.9 Å². The number of likely N-dealkylation sites (N-methyl/N-ethyl adjacent to an activating group) is 1. The van der Waals surface area contributed by atoms with Gasteiger partial charge in [0.05, 0.1) is 6.04 Å². The molecule has 1 atom stereocenters. The lowest BCUT2D eigenvalue weighted by Crippen LogP contribution is -2.33. The van der Waals surface area contributed by atoms with Crippen LogP contribution in [0, 0.1) is 5.82 Å². The summed E-state index contributed by atoms with van der Waals surface area (Å²) >= 11 is 0. The summed E-state index contributed by atoms with van der Waals surface area (Å²) in [6, 6.07) is 13.7. The summed E-state index contributed by atoms with van der Waals surface area (Å²) in [5.41, 5.74) is 2.25. The molecule has 0 radical (unpaired) electrons. The highest BCUT2D eigenvalue weighted by Crippen LogP contribution is 2.20. The van der Waals surface area contributed by atoms with Crippen molar-refractivity contribution in [1.29, 1.82) is 0 Å². The number of amides is 2. The van der Waals surface area contributed by atoms with Gasteiger partial charge >= 0.3 is 0 Å². The largest absolute Gasteiger partial charge is 0.351 e. The number of hydrogen-bond donors (Lipinski definition) is 2. The normalized spacial score (nSPS) is 14.8. The summed E-state index contributed by atoms with van der Waals surface area (Å²) in [6.07, 6.45) is 5.26. The molecular weight excluding hydrogens is 369 g/mol. The van der Waals surface area contributed by atoms with Gasteiger partial charge in [0.15, 0.2) is 0 Å². The van der Waals surface area contributed by atoms with Crippen LogP contribution in [0.5, 0.6) is 0 Å². The third kappa shape index (κ3) is 6.26. The van der Waals surface area contributed by atoms with Crippen LogP contribution in [-0.2, 0) is 4.79 Å². The van der Waals surface area contributed by atoms with E-state index in [0.29, 0.717) is 18.2 Å². The van der Waals surface area contributed by atoms with Crippen LogP contribution in [0.25, 0.3) is 6.08 Å². The fourth-order valence-corrected chi connectivity index (χ4v) is 2.98. The van der Waals surface area contributed by atoms with E-state index in [-0.39, 0.29) is 23.7 Å². The molecule has 0 heterocycles. The van der Waals surface area contributed by atoms with E-state index in [1.54, 1.807) is 36.4 Å². The van der Waals surface area contributed by atoms with Crippen LogP contribution >= 0.6 is 0 Å². The average molecular weight is 395 g/mol. The van der Waals surface area contributed by atoms with E-state index in [1.807, 2.05) is 25.1 Å². The highest BCUT2D eigenvalue weighted by Gasteiger charge is 2.23. The lowest BCUT2D eigenvalue weighted by Gasteiger charge is -2.24. The molecule has 2 aromatic rings. The van der Waals surface area contributed by atoms with Crippen LogP contribution in [0.15, 0.2) is 54.6 Å². The van der Waals surface area contributed by atoms with E-state index in [0.717, 1.165) is 24.0 Å². The summed E-state index contributed by atoms with van der Waals surface area (Å²) in [4.78, 5) is 26.1. The van der Waals surface area contributed by atoms with Crippen molar-refractivity contribution in [3.05, 3.63) is 77.1 Å². The van der Waals surface area contributed by atoms with E-state index in [1.165, 1.54) is 18.2 Å². The molecule has 0 aliphatic heterocycles. The first-order chi connectivity index (χ1) is 13.9. The Morgan fingerprint density at radius 1 is 1.17 bits per heavy atom. The molecule has 1 saturated carbocycles. The van der Waals surface area contributed by atoms with Gasteiger partial charge in [0.2, 0.25) is 5.91 Å². The number of nitrogens with one attached hydrogen (secondary N) is 2. The molecule has 1 unspecified atom stereocenters. The van der Waals surface area contributed by atoms with Crippen LogP contribution < -0.4 is 10.6 Å². The number of rotatable bonds is 8. The molecule has 0 aromatic heterocycles. The van der Waals surface area contributed by atoms with Crippen molar-refractivity contribution >= 4 is 17.9 Å². The first-order valence-corrected chi connectivity index (χ1v) is 9.71. The summed E-state index contributed by atoms with van der Waals surface area (Å²) < 4.78 is 13.5. The van der Waals surface area contributed by atoms with Crippen molar-refractivity contribution in [1.82, 2.24) is 15.5 Å². The van der Waals surface area contributed by atoms with Gasteiger partial charge in [0.25, 0.3) is 5.91 Å². The van der Waals surface area contributed by atoms with Crippen LogP contribution in [0.4, 0.5) is 4.39 Å². The second kappa shape index (κ2) is 9.47. The quantitative estimate of drug-likeness (QED) is 0.675. The van der Waals surface area contributed by atoms with Gasteiger partial charge in [-0.25, -0.2) is 4.39 Å². The maximum absolute atomic E-state index is 13.5. The van der Waals surface area contributed by atoms with Gasteiger partial charge in [-0.05, 0) is 68.4 Å². The van der Waals surface area contributed by atoms with Crippen LogP contribution in [0.3, 0.4) is 0 Å². The maximum Gasteiger partial charge on any atom is 0.251 e. The molecule has 2 amide bonds. The monoisotopic (exact) mass is 395 g/mol. The Labute approximate surface area is 170 Å². The third-order valence-corrected chi connectivity index (χ3v) is 4.84. The summed E-state index contributed by atoms with van der Waals surface area (Å²) in [7, 11) is 3.77. The lowest BCUT2D eigenvalue weighted by molar-refractivity contribution is -0.116. The summed E-state index contributed by atoms with van der Waals surface area (Å²) in [5, 5.41) is 5.80. The second-order valence-electron chi connectivity index (χ2n) is 7.48. The fraction of sp³-hybridized carbons (Fsp3) is 0.304. The zero-order valence-corrected chi connectivity index (χ0v) is 16.7. The van der Waals surface area contributed by atoms with E-state index in [2.05, 4.69) is 10.6 Å². The lowest BCUT2D eigenvalue weighted by atomic mass is 10.1. The standard InChI is InChI=1S/C23H26FN3O2/c1-27(2)21(18-4-3-5-19(24)14-18)15-25-22(28)13-8-16-6-9-17(10-7-16)23(29)26-20-11-12-20/h3-10,13-14,20-21H,11-12,15H2,1-2H3,(H,25,28)(H,26,29)/b13-8+. The third-order valence-electron chi connectivity index (χ3n) is 4.84. The van der Waals surface area contributed by atoms with Crippen molar-refractivity contribution in [3.63, 3.8) is 0 Å². The predicted octanol–water partition coefficient (Wildman–Crippen LogP) is 3.15. The minimum atomic E-state index is -0.296. The summed E-state index contributed by atoms with van der Waals surface area (Å²) in [6.45, 7) is 0.361. The van der Waals surface area contributed by atoms with E-state index in [4.69, 9.17) is 0 Å². The van der Waals surface area contributed by atoms with Gasteiger partial charge in [-0.15, -0.1) is 0 Å². The minimum Gasteiger partial charge on any atom is -0.351 e. The molecule has 0 saturated heterocycles. The molecule has 0 bridgehead atoms. The van der Waals surface area contributed by atoms with Gasteiger partial charge in [-0.2, -0.15) is 0 Å². The molecule has 1 aliphatic rings. The zero-order valence-electron chi connectivity index (χ0n) is 16.7. The number of nitrogens with zero attached hydrogens (tertiary/aromatic N) is 1. The topological polar surface area (TPSA) is 61.4 Å². The number of carbonyl (C=O) groups excluding carboxylic acids is 2.